The van der Waals surface area contributed by atoms with Gasteiger partial charge in [0.2, 0.25) is 5.91 Å². The van der Waals surface area contributed by atoms with Gasteiger partial charge in [0.15, 0.2) is 0 Å². The highest BCUT2D eigenvalue weighted by atomic mass is 16.1. The zero-order chi connectivity index (χ0) is 15.1. The molecule has 4 heteroatoms. The third kappa shape index (κ3) is 4.45. The summed E-state index contributed by atoms with van der Waals surface area (Å²) >= 11 is 0. The van der Waals surface area contributed by atoms with E-state index in [-0.39, 0.29) is 11.8 Å². The first kappa shape index (κ1) is 17.4. The molecule has 0 heterocycles. The van der Waals surface area contributed by atoms with E-state index >= 15 is 0 Å². The molecule has 0 spiro atoms. The topological polar surface area (TPSA) is 58.4 Å². The fraction of sp³-hybridized carbons (Fsp3) is 0.938. The Balaban J connectivity index is 2.52. The summed E-state index contributed by atoms with van der Waals surface area (Å²) in [5.41, 5.74) is 5.77. The zero-order valence-corrected chi connectivity index (χ0v) is 13.7. The number of nitrogens with zero attached hydrogens (tertiary/aromatic N) is 1. The van der Waals surface area contributed by atoms with Crippen LogP contribution in [0.4, 0.5) is 0 Å². The first-order valence-electron chi connectivity index (χ1n) is 8.19. The van der Waals surface area contributed by atoms with Gasteiger partial charge in [-0.2, -0.15) is 0 Å². The second-order valence-corrected chi connectivity index (χ2v) is 6.39. The third-order valence-corrected chi connectivity index (χ3v) is 5.04. The largest absolute Gasteiger partial charge is 0.354 e. The number of likely N-dealkylation sites (N-methyl/N-ethyl adjacent to an activating group) is 1. The first-order valence-corrected chi connectivity index (χ1v) is 8.19. The Morgan fingerprint density at radius 2 is 1.95 bits per heavy atom. The minimum absolute atomic E-state index is 0.143. The lowest BCUT2D eigenvalue weighted by Gasteiger charge is -2.32. The van der Waals surface area contributed by atoms with Crippen molar-refractivity contribution in [3.8, 4) is 0 Å². The number of amides is 1. The molecule has 0 aromatic rings. The van der Waals surface area contributed by atoms with E-state index in [9.17, 15) is 4.79 Å². The number of hydrogen-bond donors (Lipinski definition) is 2. The molecule has 20 heavy (non-hydrogen) atoms. The van der Waals surface area contributed by atoms with Gasteiger partial charge in [0.25, 0.3) is 0 Å². The van der Waals surface area contributed by atoms with Crippen molar-refractivity contribution in [2.45, 2.75) is 52.0 Å². The molecule has 1 aliphatic rings. The minimum atomic E-state index is 0.143. The molecular formula is C16H33N3O. The Hall–Kier alpha value is -0.610. The quantitative estimate of drug-likeness (QED) is 0.714. The van der Waals surface area contributed by atoms with Crippen LogP contribution in [-0.2, 0) is 4.79 Å². The van der Waals surface area contributed by atoms with Crippen molar-refractivity contribution in [3.05, 3.63) is 0 Å². The summed E-state index contributed by atoms with van der Waals surface area (Å²) in [7, 11) is 4.21. The summed E-state index contributed by atoms with van der Waals surface area (Å²) in [6, 6.07) is 0.423. The summed E-state index contributed by atoms with van der Waals surface area (Å²) in [4.78, 5) is 14.6. The van der Waals surface area contributed by atoms with Gasteiger partial charge >= 0.3 is 0 Å². The van der Waals surface area contributed by atoms with Crippen LogP contribution in [0, 0.1) is 17.8 Å². The van der Waals surface area contributed by atoms with Crippen molar-refractivity contribution in [3.63, 3.8) is 0 Å². The van der Waals surface area contributed by atoms with E-state index < -0.39 is 0 Å². The molecule has 118 valence electrons. The predicted molar refractivity (Wildman–Crippen MR) is 84.4 cm³/mol. The van der Waals surface area contributed by atoms with E-state index in [1.807, 2.05) is 0 Å². The molecule has 0 saturated heterocycles. The van der Waals surface area contributed by atoms with Crippen molar-refractivity contribution in [2.75, 3.05) is 27.2 Å². The zero-order valence-electron chi connectivity index (χ0n) is 13.7. The molecule has 3 N–H and O–H groups in total. The molecule has 0 aliphatic heterocycles. The van der Waals surface area contributed by atoms with E-state index in [2.05, 4.69) is 38.2 Å². The molecular weight excluding hydrogens is 250 g/mol. The molecule has 0 aromatic heterocycles. The Labute approximate surface area is 124 Å². The lowest BCUT2D eigenvalue weighted by molar-refractivity contribution is -0.126. The highest BCUT2D eigenvalue weighted by Crippen LogP contribution is 2.31. The smallest absolute Gasteiger partial charge is 0.223 e. The number of carbonyl (C=O) groups excluding carboxylic acids is 1. The second-order valence-electron chi connectivity index (χ2n) is 6.39. The molecule has 1 saturated carbocycles. The molecule has 1 aliphatic carbocycles. The van der Waals surface area contributed by atoms with Crippen LogP contribution in [0.3, 0.4) is 0 Å². The molecule has 1 rings (SSSR count). The van der Waals surface area contributed by atoms with Crippen molar-refractivity contribution in [1.82, 2.24) is 10.2 Å². The first-order chi connectivity index (χ1) is 9.54. The summed E-state index contributed by atoms with van der Waals surface area (Å²) in [5, 5.41) is 3.18. The Kier molecular flexibility index (Phi) is 7.52. The Morgan fingerprint density at radius 1 is 1.30 bits per heavy atom. The monoisotopic (exact) mass is 283 g/mol. The minimum Gasteiger partial charge on any atom is -0.354 e. The molecule has 1 fully saturated rings. The van der Waals surface area contributed by atoms with Gasteiger partial charge in [0, 0.05) is 18.5 Å². The Morgan fingerprint density at radius 3 is 2.45 bits per heavy atom. The molecule has 3 atom stereocenters. The molecule has 0 radical (unpaired) electrons. The van der Waals surface area contributed by atoms with Crippen LogP contribution >= 0.6 is 0 Å². The van der Waals surface area contributed by atoms with E-state index in [4.69, 9.17) is 5.73 Å². The SMILES string of the molecule is CCC(CC)C(CNC(=O)C1CCCC1CN)N(C)C. The molecule has 4 nitrogen and oxygen atoms in total. The van der Waals surface area contributed by atoms with Gasteiger partial charge < -0.3 is 16.0 Å². The van der Waals surface area contributed by atoms with E-state index in [0.29, 0.717) is 24.4 Å². The van der Waals surface area contributed by atoms with Gasteiger partial charge in [-0.25, -0.2) is 0 Å². The van der Waals surface area contributed by atoms with E-state index in [1.165, 1.54) is 0 Å². The van der Waals surface area contributed by atoms with Crippen molar-refractivity contribution in [1.29, 1.82) is 0 Å². The number of carbonyl (C=O) groups is 1. The predicted octanol–water partition coefficient (Wildman–Crippen LogP) is 1.84. The van der Waals surface area contributed by atoms with E-state index in [0.717, 1.165) is 38.6 Å². The van der Waals surface area contributed by atoms with Crippen LogP contribution in [-0.4, -0.2) is 44.0 Å². The van der Waals surface area contributed by atoms with Gasteiger partial charge in [-0.3, -0.25) is 4.79 Å². The normalized spacial score (nSPS) is 24.4. The van der Waals surface area contributed by atoms with Crippen molar-refractivity contribution in [2.24, 2.45) is 23.5 Å². The standard InChI is InChI=1S/C16H33N3O/c1-5-12(6-2)15(19(3)4)11-18-16(20)14-9-7-8-13(14)10-17/h12-15H,5-11,17H2,1-4H3,(H,18,20). The maximum Gasteiger partial charge on any atom is 0.223 e. The number of hydrogen-bond acceptors (Lipinski definition) is 3. The summed E-state index contributed by atoms with van der Waals surface area (Å²) < 4.78 is 0. The van der Waals surface area contributed by atoms with Gasteiger partial charge in [0.1, 0.15) is 0 Å². The van der Waals surface area contributed by atoms with Gasteiger partial charge in [-0.1, -0.05) is 33.1 Å². The highest BCUT2D eigenvalue weighted by molar-refractivity contribution is 5.79. The van der Waals surface area contributed by atoms with Crippen molar-refractivity contribution < 1.29 is 4.79 Å². The maximum absolute atomic E-state index is 12.4. The average molecular weight is 283 g/mol. The van der Waals surface area contributed by atoms with Crippen LogP contribution in [0.25, 0.3) is 0 Å². The molecule has 0 aromatic carbocycles. The van der Waals surface area contributed by atoms with Crippen LogP contribution in [0.15, 0.2) is 0 Å². The third-order valence-electron chi connectivity index (χ3n) is 5.04. The molecule has 3 unspecified atom stereocenters. The van der Waals surface area contributed by atoms with Crippen LogP contribution in [0.5, 0.6) is 0 Å². The number of rotatable bonds is 8. The molecule has 0 bridgehead atoms. The Bertz CT molecular complexity index is 289. The van der Waals surface area contributed by atoms with Crippen LogP contribution < -0.4 is 11.1 Å². The van der Waals surface area contributed by atoms with Gasteiger partial charge in [0.05, 0.1) is 0 Å². The average Bonchev–Trinajstić information content (AvgIpc) is 2.91. The molecule has 1 amide bonds. The summed E-state index contributed by atoms with van der Waals surface area (Å²) in [5.74, 6) is 1.39. The van der Waals surface area contributed by atoms with Crippen molar-refractivity contribution >= 4 is 5.91 Å². The number of nitrogens with one attached hydrogen (secondary N) is 1. The van der Waals surface area contributed by atoms with E-state index in [1.54, 1.807) is 0 Å². The van der Waals surface area contributed by atoms with Gasteiger partial charge in [-0.15, -0.1) is 0 Å². The highest BCUT2D eigenvalue weighted by Gasteiger charge is 2.32. The lowest BCUT2D eigenvalue weighted by atomic mass is 9.92. The van der Waals surface area contributed by atoms with Crippen LogP contribution in [0.2, 0.25) is 0 Å². The summed E-state index contributed by atoms with van der Waals surface area (Å²) in [6.07, 6.45) is 5.57. The van der Waals surface area contributed by atoms with Crippen LogP contribution in [0.1, 0.15) is 46.0 Å². The lowest BCUT2D eigenvalue weighted by Crippen LogP contribution is -2.46. The second kappa shape index (κ2) is 8.63. The number of nitrogens with two attached hydrogens (primary N) is 1. The summed E-state index contributed by atoms with van der Waals surface area (Å²) in [6.45, 7) is 5.86. The maximum atomic E-state index is 12.4. The fourth-order valence-corrected chi connectivity index (χ4v) is 3.60. The fourth-order valence-electron chi connectivity index (χ4n) is 3.60. The van der Waals surface area contributed by atoms with Gasteiger partial charge in [-0.05, 0) is 45.3 Å².